The fourth-order valence-corrected chi connectivity index (χ4v) is 4.04. The molecule has 0 saturated heterocycles. The van der Waals surface area contributed by atoms with Gasteiger partial charge in [0, 0.05) is 24.0 Å². The second kappa shape index (κ2) is 12.9. The molecule has 0 bridgehead atoms. The molecular formula is C33H39FN4. The molecule has 0 saturated carbocycles. The predicted molar refractivity (Wildman–Crippen MR) is 163 cm³/mol. The number of allylic oxidation sites excluding steroid dienone is 2. The largest absolute Gasteiger partial charge is 0.365 e. The van der Waals surface area contributed by atoms with Gasteiger partial charge in [0.25, 0.3) is 0 Å². The maximum absolute atomic E-state index is 14.8. The second-order valence-electron chi connectivity index (χ2n) is 9.85. The van der Waals surface area contributed by atoms with E-state index >= 15 is 0 Å². The molecule has 0 radical (unpaired) electrons. The maximum atomic E-state index is 14.8. The standard InChI is InChI=1S/C24H27FN4.C9H12/c1-14(2)26-13-16(4)20-9-15(3)24(21(25)12-20)27-17(5)10-19-7-8-22-23(11-19)29-18(6)28-22;1-3-9-6-4-8(2)5-7-9/h7-9,11-13,26,28-29H,1,6,10H2,2-5H3;4-7H,3H2,1-2H3/b16-13+,27-17?;. The minimum Gasteiger partial charge on any atom is -0.365 e. The van der Waals surface area contributed by atoms with E-state index in [1.165, 1.54) is 17.2 Å². The number of hydrogen-bond donors (Lipinski definition) is 3. The van der Waals surface area contributed by atoms with E-state index in [1.807, 2.05) is 52.1 Å². The first-order valence-corrected chi connectivity index (χ1v) is 12.9. The summed E-state index contributed by atoms with van der Waals surface area (Å²) < 4.78 is 14.8. The molecule has 0 aromatic heterocycles. The molecule has 0 fully saturated rings. The summed E-state index contributed by atoms with van der Waals surface area (Å²) in [5.74, 6) is 0.446. The highest BCUT2D eigenvalue weighted by Crippen LogP contribution is 2.31. The van der Waals surface area contributed by atoms with Gasteiger partial charge in [-0.1, -0.05) is 56.0 Å². The van der Waals surface area contributed by atoms with Gasteiger partial charge in [0.05, 0.1) is 11.4 Å². The SMILES string of the molecule is C=C(C)N/C=C(\C)c1cc(C)c(N=C(C)Cc2ccc3c(c2)NC(=C)N3)c(F)c1.CCc1ccc(C)cc1. The Morgan fingerprint density at radius 3 is 2.24 bits per heavy atom. The highest BCUT2D eigenvalue weighted by molar-refractivity contribution is 5.88. The Morgan fingerprint density at radius 2 is 1.61 bits per heavy atom. The number of halogens is 1. The molecule has 3 aromatic carbocycles. The van der Waals surface area contributed by atoms with Crippen molar-refractivity contribution < 1.29 is 4.39 Å². The molecule has 4 rings (SSSR count). The fourth-order valence-electron chi connectivity index (χ4n) is 4.04. The monoisotopic (exact) mass is 510 g/mol. The van der Waals surface area contributed by atoms with Gasteiger partial charge >= 0.3 is 0 Å². The number of hydrogen-bond acceptors (Lipinski definition) is 4. The molecule has 0 atom stereocenters. The van der Waals surface area contributed by atoms with Crippen LogP contribution in [0.5, 0.6) is 0 Å². The molecular weight excluding hydrogens is 471 g/mol. The second-order valence-corrected chi connectivity index (χ2v) is 9.85. The zero-order valence-corrected chi connectivity index (χ0v) is 23.4. The van der Waals surface area contributed by atoms with Crippen molar-refractivity contribution in [2.75, 3.05) is 10.6 Å². The third-order valence-electron chi connectivity index (χ3n) is 6.19. The van der Waals surface area contributed by atoms with Gasteiger partial charge in [-0.25, -0.2) is 4.39 Å². The fraction of sp³-hybridized carbons (Fsp3) is 0.242. The molecule has 1 heterocycles. The number of rotatable bonds is 7. The van der Waals surface area contributed by atoms with Crippen LogP contribution in [-0.2, 0) is 12.8 Å². The van der Waals surface area contributed by atoms with Crippen molar-refractivity contribution in [3.63, 3.8) is 0 Å². The van der Waals surface area contributed by atoms with Crippen molar-refractivity contribution in [2.24, 2.45) is 4.99 Å². The summed E-state index contributed by atoms with van der Waals surface area (Å²) in [4.78, 5) is 4.58. The van der Waals surface area contributed by atoms with Gasteiger partial charge in [0.1, 0.15) is 17.3 Å². The summed E-state index contributed by atoms with van der Waals surface area (Å²) in [7, 11) is 0. The Bertz CT molecular complexity index is 1360. The Kier molecular flexibility index (Phi) is 9.66. The van der Waals surface area contributed by atoms with Crippen molar-refractivity contribution in [2.45, 2.75) is 54.4 Å². The maximum Gasteiger partial charge on any atom is 0.149 e. The van der Waals surface area contributed by atoms with Crippen molar-refractivity contribution >= 4 is 28.3 Å². The van der Waals surface area contributed by atoms with Crippen LogP contribution in [0.3, 0.4) is 0 Å². The minimum atomic E-state index is -0.321. The molecule has 38 heavy (non-hydrogen) atoms. The summed E-state index contributed by atoms with van der Waals surface area (Å²) >= 11 is 0. The van der Waals surface area contributed by atoms with E-state index < -0.39 is 0 Å². The summed E-state index contributed by atoms with van der Waals surface area (Å²) in [5.41, 5.74) is 10.5. The number of nitrogens with zero attached hydrogens (tertiary/aromatic N) is 1. The van der Waals surface area contributed by atoms with E-state index in [4.69, 9.17) is 0 Å². The molecule has 0 aliphatic carbocycles. The van der Waals surface area contributed by atoms with Crippen LogP contribution in [0.15, 0.2) is 90.5 Å². The summed E-state index contributed by atoms with van der Waals surface area (Å²) in [6.45, 7) is 19.6. The Labute approximate surface area is 227 Å². The van der Waals surface area contributed by atoms with Gasteiger partial charge in [0.2, 0.25) is 0 Å². The van der Waals surface area contributed by atoms with Crippen molar-refractivity contribution in [1.29, 1.82) is 0 Å². The minimum absolute atomic E-state index is 0.321. The van der Waals surface area contributed by atoms with E-state index in [0.29, 0.717) is 12.1 Å². The van der Waals surface area contributed by atoms with Crippen LogP contribution in [0.2, 0.25) is 0 Å². The third-order valence-corrected chi connectivity index (χ3v) is 6.19. The average Bonchev–Trinajstić information content (AvgIpc) is 3.24. The molecule has 1 aliphatic rings. The van der Waals surface area contributed by atoms with E-state index in [-0.39, 0.29) is 5.82 Å². The quantitative estimate of drug-likeness (QED) is 0.278. The molecule has 0 amide bonds. The Hall–Kier alpha value is -4.12. The van der Waals surface area contributed by atoms with Crippen LogP contribution in [0.4, 0.5) is 21.5 Å². The lowest BCUT2D eigenvalue weighted by Crippen LogP contribution is -2.01. The first-order chi connectivity index (χ1) is 18.0. The average molecular weight is 511 g/mol. The lowest BCUT2D eigenvalue weighted by atomic mass is 10.0. The number of nitrogens with one attached hydrogen (secondary N) is 3. The van der Waals surface area contributed by atoms with Crippen LogP contribution in [0, 0.1) is 19.7 Å². The van der Waals surface area contributed by atoms with Crippen molar-refractivity contribution in [1.82, 2.24) is 5.32 Å². The van der Waals surface area contributed by atoms with Crippen LogP contribution < -0.4 is 16.0 Å². The summed E-state index contributed by atoms with van der Waals surface area (Å²) in [5, 5.41) is 9.41. The number of anilines is 2. The number of fused-ring (bicyclic) bond motifs is 1. The lowest BCUT2D eigenvalue weighted by molar-refractivity contribution is 0.628. The zero-order chi connectivity index (χ0) is 27.8. The van der Waals surface area contributed by atoms with Gasteiger partial charge in [-0.05, 0) is 93.1 Å². The lowest BCUT2D eigenvalue weighted by Gasteiger charge is -2.10. The molecule has 1 aliphatic heterocycles. The van der Waals surface area contributed by atoms with Crippen molar-refractivity contribution in [3.05, 3.63) is 119 Å². The molecule has 0 spiro atoms. The highest BCUT2D eigenvalue weighted by Gasteiger charge is 2.13. The van der Waals surface area contributed by atoms with E-state index in [2.05, 4.69) is 78.3 Å². The first-order valence-electron chi connectivity index (χ1n) is 12.9. The number of aliphatic imine (C=N–C) groups is 1. The smallest absolute Gasteiger partial charge is 0.149 e. The van der Waals surface area contributed by atoms with E-state index in [1.54, 1.807) is 0 Å². The topological polar surface area (TPSA) is 48.5 Å². The number of benzene rings is 3. The number of aryl methyl sites for hydroxylation is 3. The predicted octanol–water partition coefficient (Wildman–Crippen LogP) is 8.82. The Balaban J connectivity index is 0.000000375. The zero-order valence-electron chi connectivity index (χ0n) is 23.4. The van der Waals surface area contributed by atoms with Crippen LogP contribution in [-0.4, -0.2) is 5.71 Å². The van der Waals surface area contributed by atoms with Crippen molar-refractivity contribution in [3.8, 4) is 0 Å². The normalized spacial score (nSPS) is 12.7. The van der Waals surface area contributed by atoms with Crippen LogP contribution >= 0.6 is 0 Å². The Morgan fingerprint density at radius 1 is 0.947 bits per heavy atom. The van der Waals surface area contributed by atoms with Gasteiger partial charge in [0.15, 0.2) is 0 Å². The molecule has 198 valence electrons. The van der Waals surface area contributed by atoms with Gasteiger partial charge in [-0.2, -0.15) is 0 Å². The molecule has 3 N–H and O–H groups in total. The molecule has 4 nitrogen and oxygen atoms in total. The van der Waals surface area contributed by atoms with Gasteiger partial charge in [-0.3, -0.25) is 4.99 Å². The third kappa shape index (κ3) is 7.94. The van der Waals surface area contributed by atoms with Crippen LogP contribution in [0.25, 0.3) is 5.57 Å². The first kappa shape index (κ1) is 28.5. The van der Waals surface area contributed by atoms with E-state index in [9.17, 15) is 4.39 Å². The highest BCUT2D eigenvalue weighted by atomic mass is 19.1. The molecule has 5 heteroatoms. The molecule has 0 unspecified atom stereocenters. The van der Waals surface area contributed by atoms with Gasteiger partial charge in [-0.15, -0.1) is 0 Å². The van der Waals surface area contributed by atoms with Gasteiger partial charge < -0.3 is 16.0 Å². The van der Waals surface area contributed by atoms with Crippen LogP contribution in [0.1, 0.15) is 55.5 Å². The summed E-state index contributed by atoms with van der Waals surface area (Å²) in [6.07, 6.45) is 3.61. The molecule has 3 aromatic rings. The van der Waals surface area contributed by atoms with E-state index in [0.717, 1.165) is 57.3 Å². The summed E-state index contributed by atoms with van der Waals surface area (Å²) in [6, 6.07) is 18.3.